The number of fused-ring (bicyclic) bond motifs is 3. The van der Waals surface area contributed by atoms with Crippen molar-refractivity contribution in [1.29, 1.82) is 5.41 Å². The van der Waals surface area contributed by atoms with E-state index >= 15 is 0 Å². The highest BCUT2D eigenvalue weighted by Gasteiger charge is 2.30. The van der Waals surface area contributed by atoms with Gasteiger partial charge in [0.1, 0.15) is 17.9 Å². The third kappa shape index (κ3) is 12.4. The fraction of sp³-hybridized carbons (Fsp3) is 0.395. The van der Waals surface area contributed by atoms with Gasteiger partial charge >= 0.3 is 0 Å². The molecule has 1 saturated heterocycles. The molecule has 16 nitrogen and oxygen atoms in total. The van der Waals surface area contributed by atoms with Crippen molar-refractivity contribution in [3.8, 4) is 0 Å². The molecule has 8 rings (SSSR count). The average molecular weight is 775 g/mol. The van der Waals surface area contributed by atoms with Gasteiger partial charge < -0.3 is 36.8 Å². The fourth-order valence-corrected chi connectivity index (χ4v) is 6.95. The highest BCUT2D eigenvalue weighted by Crippen LogP contribution is 2.16. The van der Waals surface area contributed by atoms with Crippen LogP contribution in [-0.4, -0.2) is 117 Å². The predicted molar refractivity (Wildman–Crippen MR) is 210 cm³/mol. The van der Waals surface area contributed by atoms with E-state index < -0.39 is 34.1 Å². The molecular formula is C38H50N10O6S. The largest absolute Gasteiger partial charge is 0.384 e. The smallest absolute Gasteiger partial charge is 0.279 e. The van der Waals surface area contributed by atoms with Gasteiger partial charge in [0.15, 0.2) is 0 Å². The molecule has 0 aliphatic carbocycles. The van der Waals surface area contributed by atoms with Crippen molar-refractivity contribution in [1.82, 2.24) is 29.5 Å². The Kier molecular flexibility index (Phi) is 14.1. The molecule has 2 atom stereocenters. The minimum absolute atomic E-state index is 0.0513. The SMILES string of the molecule is CN(C)S(=O)(=O)N[C@@H]1Cc2ccc(cc2)NC(=O)CCN2CCN(CCC(=O)Nc3ccc(cc3)C[C@@H](C(=O)NCc3ccc(C(=N)N)cc3)NC1=O)CC2. The topological polar surface area (TPSA) is 222 Å². The highest BCUT2D eigenvalue weighted by atomic mass is 32.2. The number of nitrogen functional groups attached to an aromatic ring is 1. The molecule has 3 aromatic carbocycles. The third-order valence-electron chi connectivity index (χ3n) is 9.58. The van der Waals surface area contributed by atoms with Gasteiger partial charge in [-0.2, -0.15) is 17.4 Å². The van der Waals surface area contributed by atoms with Crippen molar-refractivity contribution in [3.63, 3.8) is 0 Å². The van der Waals surface area contributed by atoms with Crippen LogP contribution in [0.25, 0.3) is 0 Å². The summed E-state index contributed by atoms with van der Waals surface area (Å²) in [7, 11) is -1.41. The zero-order valence-electron chi connectivity index (χ0n) is 31.1. The number of hydrogen-bond donors (Lipinski definition) is 7. The number of nitrogens with zero attached hydrogens (tertiary/aromatic N) is 3. The van der Waals surface area contributed by atoms with Crippen LogP contribution in [0.5, 0.6) is 0 Å². The first-order valence-corrected chi connectivity index (χ1v) is 19.6. The monoisotopic (exact) mass is 774 g/mol. The van der Waals surface area contributed by atoms with Gasteiger partial charge in [-0.1, -0.05) is 48.5 Å². The quantitative estimate of drug-likeness (QED) is 0.132. The Morgan fingerprint density at radius 1 is 0.782 bits per heavy atom. The van der Waals surface area contributed by atoms with Crippen molar-refractivity contribution in [2.75, 3.05) is 64.0 Å². The van der Waals surface area contributed by atoms with E-state index in [4.69, 9.17) is 11.1 Å². The Balaban J connectivity index is 1.40. The van der Waals surface area contributed by atoms with Crippen LogP contribution in [0.1, 0.15) is 35.1 Å². The maximum atomic E-state index is 14.0. The summed E-state index contributed by atoms with van der Waals surface area (Å²) in [5, 5.41) is 19.1. The second-order valence-electron chi connectivity index (χ2n) is 13.9. The number of carbonyl (C=O) groups is 4. The maximum absolute atomic E-state index is 14.0. The molecule has 0 radical (unpaired) electrons. The fourth-order valence-electron chi connectivity index (χ4n) is 6.19. The summed E-state index contributed by atoms with van der Waals surface area (Å²) in [4.78, 5) is 57.8. The number of amides is 4. The number of nitrogens with two attached hydrogens (primary N) is 1. The number of carbonyl (C=O) groups excluding carboxylic acids is 4. The van der Waals surface area contributed by atoms with Crippen LogP contribution in [0.2, 0.25) is 0 Å². The van der Waals surface area contributed by atoms with E-state index in [0.717, 1.165) is 36.0 Å². The van der Waals surface area contributed by atoms with Crippen LogP contribution in [0.3, 0.4) is 0 Å². The predicted octanol–water partition coefficient (Wildman–Crippen LogP) is 0.610. The standard InChI is InChI=1S/C38H50N10O6S/c1-46(2)55(53,54)45-33-24-27-7-13-31(14-8-27)43-35(50)16-18-48-21-19-47(20-22-48)17-15-34(49)42-30-11-5-26(6-12-30)23-32(44-38(33)52)37(51)41-25-28-3-9-29(10-4-28)36(39)40/h3-14,32-33,45H,15-25H2,1-2H3,(H3,39,40)(H,41,51)(H,42,49)(H,43,50)(H,44,52)/t32-,33+/m0/s1. The van der Waals surface area contributed by atoms with Crippen molar-refractivity contribution in [2.45, 2.75) is 44.3 Å². The summed E-state index contributed by atoms with van der Waals surface area (Å²) in [6.45, 7) is 4.52. The lowest BCUT2D eigenvalue weighted by atomic mass is 10.0. The average Bonchev–Trinajstić information content (AvgIpc) is 3.16. The molecule has 1 fully saturated rings. The number of hydrogen-bond acceptors (Lipinski definition) is 9. The van der Waals surface area contributed by atoms with Crippen molar-refractivity contribution in [2.24, 2.45) is 5.73 Å². The van der Waals surface area contributed by atoms with Crippen LogP contribution < -0.4 is 31.7 Å². The molecule has 8 N–H and O–H groups in total. The molecule has 5 aliphatic rings. The van der Waals surface area contributed by atoms with E-state index in [0.29, 0.717) is 54.0 Å². The summed E-state index contributed by atoms with van der Waals surface area (Å²) < 4.78 is 29.4. The first-order valence-electron chi connectivity index (χ1n) is 18.2. The minimum Gasteiger partial charge on any atom is -0.384 e. The van der Waals surface area contributed by atoms with E-state index in [1.807, 2.05) is 0 Å². The van der Waals surface area contributed by atoms with Gasteiger partial charge in [0.25, 0.3) is 10.2 Å². The van der Waals surface area contributed by atoms with Crippen molar-refractivity contribution >= 4 is 51.0 Å². The molecule has 0 unspecified atom stereocenters. The lowest BCUT2D eigenvalue weighted by Gasteiger charge is -2.34. The van der Waals surface area contributed by atoms with E-state index in [1.54, 1.807) is 72.8 Å². The molecular weight excluding hydrogens is 725 g/mol. The van der Waals surface area contributed by atoms with Crippen LogP contribution >= 0.6 is 0 Å². The lowest BCUT2D eigenvalue weighted by molar-refractivity contribution is -0.129. The van der Waals surface area contributed by atoms with E-state index in [9.17, 15) is 27.6 Å². The van der Waals surface area contributed by atoms with Gasteiger partial charge in [0.2, 0.25) is 23.6 Å². The van der Waals surface area contributed by atoms with Gasteiger partial charge in [-0.05, 0) is 47.4 Å². The summed E-state index contributed by atoms with van der Waals surface area (Å²) in [5.74, 6) is -1.59. The van der Waals surface area contributed by atoms with Crippen molar-refractivity contribution in [3.05, 3.63) is 95.1 Å². The Labute approximate surface area is 321 Å². The van der Waals surface area contributed by atoms with E-state index in [-0.39, 0.29) is 37.0 Å². The second-order valence-corrected chi connectivity index (χ2v) is 15.8. The van der Waals surface area contributed by atoms with Crippen LogP contribution in [-0.2, 0) is 48.8 Å². The summed E-state index contributed by atoms with van der Waals surface area (Å²) >= 11 is 0. The Morgan fingerprint density at radius 2 is 1.27 bits per heavy atom. The van der Waals surface area contributed by atoms with Gasteiger partial charge in [-0.25, -0.2) is 0 Å². The first kappa shape index (κ1) is 41.0. The number of benzene rings is 3. The number of anilines is 2. The molecule has 6 bridgehead atoms. The Bertz CT molecular complexity index is 1930. The number of nitrogens with one attached hydrogen (secondary N) is 6. The van der Waals surface area contributed by atoms with Gasteiger partial charge in [-0.15, -0.1) is 0 Å². The van der Waals surface area contributed by atoms with E-state index in [2.05, 4.69) is 35.8 Å². The van der Waals surface area contributed by atoms with Crippen molar-refractivity contribution < 1.29 is 27.6 Å². The van der Waals surface area contributed by atoms with Crippen LogP contribution in [0.15, 0.2) is 72.8 Å². The van der Waals surface area contributed by atoms with Crippen LogP contribution in [0.4, 0.5) is 11.4 Å². The molecule has 17 heteroatoms. The minimum atomic E-state index is -4.09. The van der Waals surface area contributed by atoms with Gasteiger partial charge in [0.05, 0.1) is 0 Å². The maximum Gasteiger partial charge on any atom is 0.279 e. The molecule has 5 heterocycles. The molecule has 0 spiro atoms. The first-order chi connectivity index (χ1) is 26.2. The number of rotatable bonds is 7. The molecule has 294 valence electrons. The van der Waals surface area contributed by atoms with Gasteiger partial charge in [0, 0.05) is 96.1 Å². The summed E-state index contributed by atoms with van der Waals surface area (Å²) in [6.07, 6.45) is 0.624. The molecule has 4 amide bonds. The number of piperazine rings is 1. The molecule has 0 saturated carbocycles. The molecule has 55 heavy (non-hydrogen) atoms. The summed E-state index contributed by atoms with van der Waals surface area (Å²) in [6, 6.07) is 18.2. The second kappa shape index (κ2) is 18.9. The normalized spacial score (nSPS) is 21.8. The lowest BCUT2D eigenvalue weighted by Crippen LogP contribution is -2.56. The molecule has 3 aromatic rings. The van der Waals surface area contributed by atoms with Crippen LogP contribution in [0, 0.1) is 5.41 Å². The Morgan fingerprint density at radius 3 is 1.75 bits per heavy atom. The zero-order chi connectivity index (χ0) is 39.5. The zero-order valence-corrected chi connectivity index (χ0v) is 32.0. The molecule has 0 aromatic heterocycles. The highest BCUT2D eigenvalue weighted by molar-refractivity contribution is 7.87. The summed E-state index contributed by atoms with van der Waals surface area (Å²) in [5.41, 5.74) is 9.29. The third-order valence-corrected chi connectivity index (χ3v) is 11.1. The van der Waals surface area contributed by atoms with E-state index in [1.165, 1.54) is 14.1 Å². The molecule has 5 aliphatic heterocycles. The number of amidine groups is 1. The Hall–Kier alpha value is -5.20. The van der Waals surface area contributed by atoms with Gasteiger partial charge in [-0.3, -0.25) is 24.6 Å².